The first kappa shape index (κ1) is 19.8. The number of aryl methyl sites for hydroxylation is 1. The Kier molecular flexibility index (Phi) is 6.70. The highest BCUT2D eigenvalue weighted by molar-refractivity contribution is 5.80. The van der Waals surface area contributed by atoms with E-state index >= 15 is 0 Å². The van der Waals surface area contributed by atoms with Crippen molar-refractivity contribution in [3.05, 3.63) is 48.0 Å². The molecule has 2 aliphatic rings. The Balaban J connectivity index is 1.31. The van der Waals surface area contributed by atoms with E-state index in [1.807, 2.05) is 12.1 Å². The second-order valence-corrected chi connectivity index (χ2v) is 8.23. The van der Waals surface area contributed by atoms with E-state index in [0.29, 0.717) is 12.1 Å². The normalized spacial score (nSPS) is 18.9. The number of furan rings is 1. The molecule has 6 heteroatoms. The number of pyridine rings is 1. The molecule has 156 valence electrons. The average molecular weight is 396 g/mol. The van der Waals surface area contributed by atoms with E-state index in [4.69, 9.17) is 9.41 Å². The fourth-order valence-electron chi connectivity index (χ4n) is 4.28. The molecule has 1 saturated heterocycles. The number of hydrogen-bond donors (Lipinski definition) is 2. The molecular weight excluding hydrogens is 362 g/mol. The maximum Gasteiger partial charge on any atom is 0.191 e. The van der Waals surface area contributed by atoms with E-state index < -0.39 is 0 Å². The third kappa shape index (κ3) is 5.75. The number of aliphatic imine (C=N–C) groups is 1. The topological polar surface area (TPSA) is 65.7 Å². The van der Waals surface area contributed by atoms with Crippen LogP contribution in [0.15, 0.2) is 46.0 Å². The third-order valence-corrected chi connectivity index (χ3v) is 5.94. The molecule has 29 heavy (non-hydrogen) atoms. The van der Waals surface area contributed by atoms with Crippen molar-refractivity contribution in [1.29, 1.82) is 0 Å². The molecule has 1 aliphatic heterocycles. The van der Waals surface area contributed by atoms with Crippen LogP contribution in [0.1, 0.15) is 50.0 Å². The predicted molar refractivity (Wildman–Crippen MR) is 117 cm³/mol. The van der Waals surface area contributed by atoms with Crippen molar-refractivity contribution >= 4 is 11.8 Å². The number of piperidine rings is 1. The van der Waals surface area contributed by atoms with Crippen LogP contribution in [0.5, 0.6) is 0 Å². The van der Waals surface area contributed by atoms with Crippen molar-refractivity contribution in [2.75, 3.05) is 24.5 Å². The molecule has 0 atom stereocenters. The summed E-state index contributed by atoms with van der Waals surface area (Å²) in [5.41, 5.74) is 1.08. The first-order chi connectivity index (χ1) is 14.3. The van der Waals surface area contributed by atoms with Gasteiger partial charge in [0.05, 0.1) is 6.26 Å². The number of anilines is 1. The van der Waals surface area contributed by atoms with Gasteiger partial charge in [-0.15, -0.1) is 0 Å². The molecule has 0 unspecified atom stereocenters. The lowest BCUT2D eigenvalue weighted by Gasteiger charge is -2.34. The van der Waals surface area contributed by atoms with E-state index in [1.165, 1.54) is 25.7 Å². The van der Waals surface area contributed by atoms with Gasteiger partial charge in [0.25, 0.3) is 0 Å². The van der Waals surface area contributed by atoms with Gasteiger partial charge in [-0.1, -0.05) is 18.9 Å². The van der Waals surface area contributed by atoms with Crippen LogP contribution >= 0.6 is 0 Å². The molecule has 6 nitrogen and oxygen atoms in total. The molecule has 1 saturated carbocycles. The summed E-state index contributed by atoms with van der Waals surface area (Å²) >= 11 is 0. The fourth-order valence-corrected chi connectivity index (χ4v) is 4.28. The minimum Gasteiger partial charge on any atom is -0.469 e. The number of rotatable bonds is 6. The molecule has 4 rings (SSSR count). The molecule has 1 aliphatic carbocycles. The standard InChI is InChI=1S/C23H33N5O/c1-18-6-4-10-22(25-18)28-15-12-20(13-16-28)27-23(26-19-7-2-3-8-19)24-14-11-21-9-5-17-29-21/h4-6,9-10,17,19-20H,2-3,7-8,11-16H2,1H3,(H2,24,26,27). The largest absolute Gasteiger partial charge is 0.469 e. The van der Waals surface area contributed by atoms with Crippen molar-refractivity contribution < 1.29 is 4.42 Å². The molecule has 0 aromatic carbocycles. The molecular formula is C23H33N5O. The molecule has 0 spiro atoms. The van der Waals surface area contributed by atoms with Crippen molar-refractivity contribution in [2.24, 2.45) is 4.99 Å². The Bertz CT molecular complexity index is 774. The van der Waals surface area contributed by atoms with Gasteiger partial charge >= 0.3 is 0 Å². The summed E-state index contributed by atoms with van der Waals surface area (Å²) in [5.74, 6) is 3.06. The summed E-state index contributed by atoms with van der Waals surface area (Å²) in [6.45, 7) is 4.84. The summed E-state index contributed by atoms with van der Waals surface area (Å²) in [6.07, 6.45) is 9.89. The Morgan fingerprint density at radius 3 is 2.52 bits per heavy atom. The van der Waals surface area contributed by atoms with Gasteiger partial charge in [0.1, 0.15) is 11.6 Å². The van der Waals surface area contributed by atoms with Crippen molar-refractivity contribution in [1.82, 2.24) is 15.6 Å². The summed E-state index contributed by atoms with van der Waals surface area (Å²) in [6, 6.07) is 11.2. The highest BCUT2D eigenvalue weighted by atomic mass is 16.3. The van der Waals surface area contributed by atoms with Crippen LogP contribution in [0, 0.1) is 6.92 Å². The molecule has 2 aromatic rings. The maximum atomic E-state index is 5.44. The van der Waals surface area contributed by atoms with Crippen molar-refractivity contribution in [3.63, 3.8) is 0 Å². The minimum absolute atomic E-state index is 0.451. The molecule has 2 fully saturated rings. The first-order valence-corrected chi connectivity index (χ1v) is 11.0. The quantitative estimate of drug-likeness (QED) is 0.577. The number of hydrogen-bond acceptors (Lipinski definition) is 4. The number of aromatic nitrogens is 1. The highest BCUT2D eigenvalue weighted by Crippen LogP contribution is 2.19. The van der Waals surface area contributed by atoms with Gasteiger partial charge in [0.2, 0.25) is 0 Å². The zero-order valence-electron chi connectivity index (χ0n) is 17.4. The summed E-state index contributed by atoms with van der Waals surface area (Å²) in [7, 11) is 0. The Morgan fingerprint density at radius 1 is 1.07 bits per heavy atom. The van der Waals surface area contributed by atoms with E-state index in [0.717, 1.165) is 62.1 Å². The zero-order valence-corrected chi connectivity index (χ0v) is 17.4. The van der Waals surface area contributed by atoms with Crippen LogP contribution in [0.4, 0.5) is 5.82 Å². The lowest BCUT2D eigenvalue weighted by molar-refractivity contribution is 0.454. The van der Waals surface area contributed by atoms with Crippen LogP contribution in [0.3, 0.4) is 0 Å². The SMILES string of the molecule is Cc1cccc(N2CCC(NC(=NCCc3ccco3)NC3CCCC3)CC2)n1. The van der Waals surface area contributed by atoms with Crippen LogP contribution in [-0.2, 0) is 6.42 Å². The van der Waals surface area contributed by atoms with Crippen LogP contribution in [0.2, 0.25) is 0 Å². The fraction of sp³-hybridized carbons (Fsp3) is 0.565. The summed E-state index contributed by atoms with van der Waals surface area (Å²) < 4.78 is 5.44. The Hall–Kier alpha value is -2.50. The van der Waals surface area contributed by atoms with E-state index in [1.54, 1.807) is 6.26 Å². The average Bonchev–Trinajstić information content (AvgIpc) is 3.43. The second kappa shape index (κ2) is 9.81. The molecule has 3 heterocycles. The summed E-state index contributed by atoms with van der Waals surface area (Å²) in [4.78, 5) is 11.9. The van der Waals surface area contributed by atoms with Gasteiger partial charge < -0.3 is 20.0 Å². The minimum atomic E-state index is 0.451. The van der Waals surface area contributed by atoms with Crippen LogP contribution in [0.25, 0.3) is 0 Å². The van der Waals surface area contributed by atoms with Gasteiger partial charge in [0, 0.05) is 43.8 Å². The molecule has 2 N–H and O–H groups in total. The Morgan fingerprint density at radius 2 is 1.83 bits per heavy atom. The zero-order chi connectivity index (χ0) is 19.9. The highest BCUT2D eigenvalue weighted by Gasteiger charge is 2.22. The molecule has 0 amide bonds. The lowest BCUT2D eigenvalue weighted by atomic mass is 10.1. The second-order valence-electron chi connectivity index (χ2n) is 8.23. The van der Waals surface area contributed by atoms with Gasteiger partial charge in [-0.05, 0) is 56.9 Å². The van der Waals surface area contributed by atoms with Gasteiger partial charge in [-0.3, -0.25) is 4.99 Å². The number of nitrogens with one attached hydrogen (secondary N) is 2. The van der Waals surface area contributed by atoms with Crippen molar-refractivity contribution in [2.45, 2.75) is 64.0 Å². The molecule has 2 aromatic heterocycles. The van der Waals surface area contributed by atoms with E-state index in [2.05, 4.69) is 45.6 Å². The van der Waals surface area contributed by atoms with Crippen molar-refractivity contribution in [3.8, 4) is 0 Å². The predicted octanol–water partition coefficient (Wildman–Crippen LogP) is 3.67. The van der Waals surface area contributed by atoms with Gasteiger partial charge in [0.15, 0.2) is 5.96 Å². The van der Waals surface area contributed by atoms with E-state index in [9.17, 15) is 0 Å². The lowest BCUT2D eigenvalue weighted by Crippen LogP contribution is -2.50. The Labute approximate surface area is 173 Å². The maximum absolute atomic E-state index is 5.44. The van der Waals surface area contributed by atoms with E-state index in [-0.39, 0.29) is 0 Å². The monoisotopic (exact) mass is 395 g/mol. The van der Waals surface area contributed by atoms with Gasteiger partial charge in [-0.25, -0.2) is 4.98 Å². The van der Waals surface area contributed by atoms with Crippen LogP contribution < -0.4 is 15.5 Å². The van der Waals surface area contributed by atoms with Crippen LogP contribution in [-0.4, -0.2) is 42.7 Å². The number of nitrogens with zero attached hydrogens (tertiary/aromatic N) is 3. The third-order valence-electron chi connectivity index (χ3n) is 5.94. The summed E-state index contributed by atoms with van der Waals surface area (Å²) in [5, 5.41) is 7.38. The molecule has 0 radical (unpaired) electrons. The molecule has 0 bridgehead atoms. The smallest absolute Gasteiger partial charge is 0.191 e. The van der Waals surface area contributed by atoms with Gasteiger partial charge in [-0.2, -0.15) is 0 Å². The number of guanidine groups is 1. The first-order valence-electron chi connectivity index (χ1n) is 11.0.